The van der Waals surface area contributed by atoms with E-state index in [0.29, 0.717) is 17.2 Å². The van der Waals surface area contributed by atoms with Crippen LogP contribution in [0.1, 0.15) is 24.2 Å². The topological polar surface area (TPSA) is 133 Å². The van der Waals surface area contributed by atoms with Crippen LogP contribution in [0.4, 0.5) is 11.4 Å². The summed E-state index contributed by atoms with van der Waals surface area (Å²) in [6.45, 7) is 3.18. The number of carbonyl (C=O) groups is 2. The summed E-state index contributed by atoms with van der Waals surface area (Å²) in [6, 6.07) is 2.70. The van der Waals surface area contributed by atoms with Crippen molar-refractivity contribution in [1.82, 2.24) is 0 Å². The largest absolute Gasteiger partial charge is 0.290 e. The molecule has 122 valence electrons. The lowest BCUT2D eigenvalue weighted by atomic mass is 9.97. The zero-order valence-corrected chi connectivity index (χ0v) is 12.7. The number of amides is 1. The summed E-state index contributed by atoms with van der Waals surface area (Å²) in [5, 5.41) is 21.8. The maximum atomic E-state index is 12.2. The highest BCUT2D eigenvalue weighted by molar-refractivity contribution is 6.24. The summed E-state index contributed by atoms with van der Waals surface area (Å²) in [5.41, 5.74) is -0.449. The number of rotatable bonds is 3. The highest BCUT2D eigenvalue weighted by Gasteiger charge is 2.25. The molecule has 0 atom stereocenters. The van der Waals surface area contributed by atoms with Crippen LogP contribution in [0.15, 0.2) is 46.5 Å². The Bertz CT molecular complexity index is 879. The Hall–Kier alpha value is -3.49. The lowest BCUT2D eigenvalue weighted by molar-refractivity contribution is -0.394. The van der Waals surface area contributed by atoms with Gasteiger partial charge in [-0.05, 0) is 37.6 Å². The van der Waals surface area contributed by atoms with E-state index in [2.05, 4.69) is 4.99 Å². The van der Waals surface area contributed by atoms with Crippen LogP contribution in [0.3, 0.4) is 0 Å². The average molecular weight is 329 g/mol. The molecule has 1 aliphatic carbocycles. The van der Waals surface area contributed by atoms with E-state index in [-0.39, 0.29) is 17.1 Å². The number of hydrogen-bond acceptors (Lipinski definition) is 6. The van der Waals surface area contributed by atoms with Gasteiger partial charge in [0.05, 0.1) is 21.6 Å². The van der Waals surface area contributed by atoms with Crippen molar-refractivity contribution in [2.75, 3.05) is 0 Å². The van der Waals surface area contributed by atoms with Crippen molar-refractivity contribution in [2.24, 2.45) is 4.99 Å². The fourth-order valence-electron chi connectivity index (χ4n) is 2.04. The molecule has 0 radical (unpaired) electrons. The first-order valence-corrected chi connectivity index (χ1v) is 6.68. The first-order chi connectivity index (χ1) is 11.2. The molecule has 24 heavy (non-hydrogen) atoms. The van der Waals surface area contributed by atoms with E-state index in [0.717, 1.165) is 12.1 Å². The molecule has 0 fully saturated rings. The number of benzene rings is 1. The minimum absolute atomic E-state index is 0.208. The Morgan fingerprint density at radius 1 is 1.04 bits per heavy atom. The molecule has 2 rings (SSSR count). The molecule has 0 aromatic heterocycles. The SMILES string of the molecule is CC1=C(C)C(=NC(=O)c2ccc([N+](=O)[O-])cc2[N+](=O)[O-])C=CC1=O. The van der Waals surface area contributed by atoms with Crippen LogP contribution in [-0.2, 0) is 4.79 Å². The number of ketones is 1. The molecule has 1 amide bonds. The van der Waals surface area contributed by atoms with Gasteiger partial charge in [0.2, 0.25) is 0 Å². The van der Waals surface area contributed by atoms with E-state index in [4.69, 9.17) is 0 Å². The molecule has 0 aliphatic heterocycles. The number of non-ortho nitro benzene ring substituents is 1. The Morgan fingerprint density at radius 3 is 2.29 bits per heavy atom. The Morgan fingerprint density at radius 2 is 1.71 bits per heavy atom. The van der Waals surface area contributed by atoms with Gasteiger partial charge in [0.15, 0.2) is 5.78 Å². The first-order valence-electron chi connectivity index (χ1n) is 6.68. The molecular formula is C15H11N3O6. The van der Waals surface area contributed by atoms with E-state index >= 15 is 0 Å². The second kappa shape index (κ2) is 6.32. The van der Waals surface area contributed by atoms with Crippen LogP contribution in [0.2, 0.25) is 0 Å². The van der Waals surface area contributed by atoms with Gasteiger partial charge in [0.25, 0.3) is 17.3 Å². The van der Waals surface area contributed by atoms with Gasteiger partial charge in [-0.1, -0.05) is 0 Å². The van der Waals surface area contributed by atoms with Crippen LogP contribution >= 0.6 is 0 Å². The second-order valence-electron chi connectivity index (χ2n) is 4.97. The van der Waals surface area contributed by atoms with Gasteiger partial charge >= 0.3 is 0 Å². The zero-order chi connectivity index (χ0) is 18.0. The number of carbonyl (C=O) groups excluding carboxylic acids is 2. The van der Waals surface area contributed by atoms with Gasteiger partial charge in [0.1, 0.15) is 5.56 Å². The summed E-state index contributed by atoms with van der Waals surface area (Å²) in [7, 11) is 0. The van der Waals surface area contributed by atoms with Gasteiger partial charge in [-0.25, -0.2) is 4.99 Å². The predicted molar refractivity (Wildman–Crippen MR) is 84.0 cm³/mol. The third-order valence-electron chi connectivity index (χ3n) is 3.55. The van der Waals surface area contributed by atoms with Crippen LogP contribution < -0.4 is 0 Å². The number of allylic oxidation sites excluding steroid dienone is 4. The van der Waals surface area contributed by atoms with Gasteiger partial charge < -0.3 is 0 Å². The second-order valence-corrected chi connectivity index (χ2v) is 4.97. The lowest BCUT2D eigenvalue weighted by Crippen LogP contribution is -2.13. The van der Waals surface area contributed by atoms with Crippen molar-refractivity contribution in [3.05, 3.63) is 67.3 Å². The average Bonchev–Trinajstić information content (AvgIpc) is 2.54. The van der Waals surface area contributed by atoms with Crippen LogP contribution in [-0.4, -0.2) is 27.2 Å². The smallest absolute Gasteiger partial charge is 0.289 e. The standard InChI is InChI=1S/C15H11N3O6/c1-8-9(2)14(19)6-5-12(8)16-15(20)11-4-3-10(17(21)22)7-13(11)18(23)24/h3-7H,1-2H3. The van der Waals surface area contributed by atoms with Crippen molar-refractivity contribution in [3.8, 4) is 0 Å². The quantitative estimate of drug-likeness (QED) is 0.475. The van der Waals surface area contributed by atoms with Crippen molar-refractivity contribution >= 4 is 28.8 Å². The fourth-order valence-corrected chi connectivity index (χ4v) is 2.04. The lowest BCUT2D eigenvalue weighted by Gasteiger charge is -2.10. The van der Waals surface area contributed by atoms with E-state index in [1.807, 2.05) is 0 Å². The van der Waals surface area contributed by atoms with Gasteiger partial charge in [-0.2, -0.15) is 0 Å². The van der Waals surface area contributed by atoms with Gasteiger partial charge in [0, 0.05) is 11.6 Å². The van der Waals surface area contributed by atoms with E-state index in [1.54, 1.807) is 13.8 Å². The molecular weight excluding hydrogens is 318 g/mol. The summed E-state index contributed by atoms with van der Waals surface area (Å²) in [4.78, 5) is 47.7. The molecule has 0 heterocycles. The van der Waals surface area contributed by atoms with E-state index in [9.17, 15) is 29.8 Å². The maximum absolute atomic E-state index is 12.2. The summed E-state index contributed by atoms with van der Waals surface area (Å²) >= 11 is 0. The number of hydrogen-bond donors (Lipinski definition) is 0. The van der Waals surface area contributed by atoms with Crippen molar-refractivity contribution in [3.63, 3.8) is 0 Å². The molecule has 9 nitrogen and oxygen atoms in total. The molecule has 1 aromatic rings. The predicted octanol–water partition coefficient (Wildman–Crippen LogP) is 2.56. The number of nitro benzene ring substituents is 2. The molecule has 0 saturated carbocycles. The summed E-state index contributed by atoms with van der Waals surface area (Å²) in [5.74, 6) is -1.13. The Labute approximate surface area is 135 Å². The molecule has 1 aliphatic rings. The van der Waals surface area contributed by atoms with Crippen molar-refractivity contribution < 1.29 is 19.4 Å². The summed E-state index contributed by atoms with van der Waals surface area (Å²) < 4.78 is 0. The molecule has 0 spiro atoms. The van der Waals surface area contributed by atoms with Crippen LogP contribution in [0.25, 0.3) is 0 Å². The first kappa shape index (κ1) is 16.9. The van der Waals surface area contributed by atoms with Crippen molar-refractivity contribution in [1.29, 1.82) is 0 Å². The third-order valence-corrected chi connectivity index (χ3v) is 3.55. The molecule has 9 heteroatoms. The highest BCUT2D eigenvalue weighted by Crippen LogP contribution is 2.26. The fraction of sp³-hybridized carbons (Fsp3) is 0.133. The molecule has 0 unspecified atom stereocenters. The van der Waals surface area contributed by atoms with Crippen LogP contribution in [0, 0.1) is 20.2 Å². The molecule has 0 N–H and O–H groups in total. The summed E-state index contributed by atoms with van der Waals surface area (Å²) in [6.07, 6.45) is 2.60. The van der Waals surface area contributed by atoms with E-state index in [1.165, 1.54) is 12.2 Å². The molecule has 0 bridgehead atoms. The number of nitro groups is 2. The number of aliphatic imine (C=N–C) groups is 1. The monoisotopic (exact) mass is 329 g/mol. The Balaban J connectivity index is 2.49. The number of nitrogens with zero attached hydrogens (tertiary/aromatic N) is 3. The molecule has 1 aromatic carbocycles. The minimum atomic E-state index is -0.919. The van der Waals surface area contributed by atoms with Gasteiger partial charge in [-0.3, -0.25) is 29.8 Å². The van der Waals surface area contributed by atoms with Crippen LogP contribution in [0.5, 0.6) is 0 Å². The highest BCUT2D eigenvalue weighted by atomic mass is 16.6. The molecule has 0 saturated heterocycles. The maximum Gasteiger partial charge on any atom is 0.289 e. The Kier molecular flexibility index (Phi) is 4.45. The van der Waals surface area contributed by atoms with Gasteiger partial charge in [-0.15, -0.1) is 0 Å². The normalized spacial score (nSPS) is 15.8. The van der Waals surface area contributed by atoms with E-state index < -0.39 is 27.1 Å². The third kappa shape index (κ3) is 3.14. The van der Waals surface area contributed by atoms with Crippen molar-refractivity contribution in [2.45, 2.75) is 13.8 Å². The minimum Gasteiger partial charge on any atom is -0.290 e. The zero-order valence-electron chi connectivity index (χ0n) is 12.7.